The molecule has 1 aliphatic rings. The first kappa shape index (κ1) is 20.4. The van der Waals surface area contributed by atoms with E-state index < -0.39 is 24.3 Å². The number of hydrogen-bond donors (Lipinski definition) is 2. The summed E-state index contributed by atoms with van der Waals surface area (Å²) in [7, 11) is 0. The summed E-state index contributed by atoms with van der Waals surface area (Å²) in [6.45, 7) is 8.12. The second kappa shape index (κ2) is 10.3. The number of alkyl carbamates (subject to hydrolysis) is 1. The Morgan fingerprint density at radius 2 is 1.83 bits per heavy atom. The van der Waals surface area contributed by atoms with Crippen LogP contribution in [0.1, 0.15) is 47.0 Å². The summed E-state index contributed by atoms with van der Waals surface area (Å²) >= 11 is 0. The van der Waals surface area contributed by atoms with E-state index >= 15 is 0 Å². The van der Waals surface area contributed by atoms with Gasteiger partial charge in [-0.3, -0.25) is 0 Å². The molecule has 7 nitrogen and oxygen atoms in total. The molecule has 0 fully saturated rings. The third kappa shape index (κ3) is 5.79. The van der Waals surface area contributed by atoms with Crippen LogP contribution < -0.4 is 11.1 Å². The van der Waals surface area contributed by atoms with Crippen LogP contribution in [-0.2, 0) is 19.0 Å². The molecule has 1 aliphatic carbocycles. The molecule has 3 N–H and O–H groups in total. The number of hydrogen-bond acceptors (Lipinski definition) is 6. The molecule has 1 rings (SSSR count). The van der Waals surface area contributed by atoms with Crippen LogP contribution in [0, 0.1) is 0 Å². The van der Waals surface area contributed by atoms with E-state index in [0.29, 0.717) is 18.6 Å². The van der Waals surface area contributed by atoms with E-state index in [-0.39, 0.29) is 18.7 Å². The molecule has 1 amide bonds. The molecule has 3 unspecified atom stereocenters. The lowest BCUT2D eigenvalue weighted by molar-refractivity contribution is -0.139. The average Bonchev–Trinajstić information content (AvgIpc) is 2.55. The minimum Gasteiger partial charge on any atom is -0.463 e. The Kier molecular flexibility index (Phi) is 8.78. The number of carbonyl (C=O) groups excluding carboxylic acids is 2. The van der Waals surface area contributed by atoms with Gasteiger partial charge < -0.3 is 25.3 Å². The van der Waals surface area contributed by atoms with Gasteiger partial charge in [0.15, 0.2) is 0 Å². The fraction of sp³-hybridized carbons (Fsp3) is 0.765. The SMILES string of the molecule is CCOC(=O)NC1C(N)CC(C(=O)OCC)=CC1OC(CC)CC. The number of carbonyl (C=O) groups is 2. The lowest BCUT2D eigenvalue weighted by atomic mass is 9.88. The Morgan fingerprint density at radius 3 is 2.38 bits per heavy atom. The fourth-order valence-electron chi connectivity index (χ4n) is 2.69. The van der Waals surface area contributed by atoms with Crippen molar-refractivity contribution in [1.29, 1.82) is 0 Å². The number of ether oxygens (including phenoxy) is 3. The van der Waals surface area contributed by atoms with Crippen LogP contribution in [-0.4, -0.2) is 49.6 Å². The minimum absolute atomic E-state index is 0.0199. The Labute approximate surface area is 143 Å². The monoisotopic (exact) mass is 342 g/mol. The van der Waals surface area contributed by atoms with Crippen molar-refractivity contribution in [3.8, 4) is 0 Å². The summed E-state index contributed by atoms with van der Waals surface area (Å²) in [5.74, 6) is -0.388. The molecule has 0 aromatic rings. The highest BCUT2D eigenvalue weighted by atomic mass is 16.5. The van der Waals surface area contributed by atoms with E-state index in [2.05, 4.69) is 5.32 Å². The summed E-state index contributed by atoms with van der Waals surface area (Å²) in [5, 5.41) is 2.76. The van der Waals surface area contributed by atoms with Crippen LogP contribution in [0.25, 0.3) is 0 Å². The highest BCUT2D eigenvalue weighted by Crippen LogP contribution is 2.24. The third-order valence-electron chi connectivity index (χ3n) is 3.99. The van der Waals surface area contributed by atoms with E-state index in [4.69, 9.17) is 19.9 Å². The van der Waals surface area contributed by atoms with Gasteiger partial charge in [0.2, 0.25) is 0 Å². The zero-order valence-corrected chi connectivity index (χ0v) is 15.0. The normalized spacial score (nSPS) is 23.6. The van der Waals surface area contributed by atoms with Crippen molar-refractivity contribution in [3.63, 3.8) is 0 Å². The summed E-state index contributed by atoms with van der Waals surface area (Å²) < 4.78 is 16.1. The van der Waals surface area contributed by atoms with Gasteiger partial charge in [-0.2, -0.15) is 0 Å². The van der Waals surface area contributed by atoms with Crippen molar-refractivity contribution >= 4 is 12.1 Å². The molecule has 0 saturated heterocycles. The van der Waals surface area contributed by atoms with Crippen molar-refractivity contribution in [3.05, 3.63) is 11.6 Å². The Morgan fingerprint density at radius 1 is 1.21 bits per heavy atom. The molecule has 0 aromatic heterocycles. The predicted octanol–water partition coefficient (Wildman–Crippen LogP) is 1.90. The van der Waals surface area contributed by atoms with Gasteiger partial charge in [-0.1, -0.05) is 13.8 Å². The molecule has 138 valence electrons. The van der Waals surface area contributed by atoms with Crippen LogP contribution in [0.5, 0.6) is 0 Å². The van der Waals surface area contributed by atoms with Gasteiger partial charge in [0.1, 0.15) is 0 Å². The fourth-order valence-corrected chi connectivity index (χ4v) is 2.69. The van der Waals surface area contributed by atoms with Gasteiger partial charge in [-0.25, -0.2) is 9.59 Å². The minimum atomic E-state index is -0.538. The quantitative estimate of drug-likeness (QED) is 0.654. The molecule has 0 heterocycles. The number of nitrogens with one attached hydrogen (secondary N) is 1. The highest BCUT2D eigenvalue weighted by Gasteiger charge is 2.36. The van der Waals surface area contributed by atoms with Gasteiger partial charge in [0.05, 0.1) is 31.5 Å². The summed E-state index contributed by atoms with van der Waals surface area (Å²) in [6.07, 6.45) is 2.68. The number of nitrogens with two attached hydrogens (primary N) is 1. The number of amides is 1. The molecule has 0 aromatic carbocycles. The van der Waals surface area contributed by atoms with Crippen molar-refractivity contribution in [2.75, 3.05) is 13.2 Å². The van der Waals surface area contributed by atoms with Crippen molar-refractivity contribution in [1.82, 2.24) is 5.32 Å². The van der Waals surface area contributed by atoms with E-state index in [1.807, 2.05) is 13.8 Å². The van der Waals surface area contributed by atoms with E-state index in [1.54, 1.807) is 19.9 Å². The van der Waals surface area contributed by atoms with Crippen LogP contribution in [0.15, 0.2) is 11.6 Å². The van der Waals surface area contributed by atoms with Gasteiger partial charge >= 0.3 is 12.1 Å². The molecule has 0 spiro atoms. The first-order valence-electron chi connectivity index (χ1n) is 8.68. The first-order valence-corrected chi connectivity index (χ1v) is 8.68. The van der Waals surface area contributed by atoms with Gasteiger partial charge in [-0.15, -0.1) is 0 Å². The summed E-state index contributed by atoms with van der Waals surface area (Å²) in [5.41, 5.74) is 6.69. The standard InChI is InChI=1S/C17H30N2O5/c1-5-12(6-2)24-14-10-11(16(20)22-7-3)9-13(18)15(14)19-17(21)23-8-4/h10,12-15H,5-9,18H2,1-4H3,(H,19,21). The number of esters is 1. The molecule has 7 heteroatoms. The van der Waals surface area contributed by atoms with Crippen molar-refractivity contribution in [2.45, 2.75) is 71.2 Å². The van der Waals surface area contributed by atoms with E-state index in [0.717, 1.165) is 12.8 Å². The Bertz CT molecular complexity index is 448. The zero-order chi connectivity index (χ0) is 18.1. The van der Waals surface area contributed by atoms with Crippen LogP contribution >= 0.6 is 0 Å². The Balaban J connectivity index is 2.98. The summed E-state index contributed by atoms with van der Waals surface area (Å²) in [4.78, 5) is 23.8. The van der Waals surface area contributed by atoms with Crippen LogP contribution in [0.3, 0.4) is 0 Å². The van der Waals surface area contributed by atoms with Crippen molar-refractivity contribution in [2.24, 2.45) is 5.73 Å². The second-order valence-electron chi connectivity index (χ2n) is 5.71. The third-order valence-corrected chi connectivity index (χ3v) is 3.99. The van der Waals surface area contributed by atoms with Gasteiger partial charge in [0, 0.05) is 11.6 Å². The molecule has 0 bridgehead atoms. The van der Waals surface area contributed by atoms with Crippen LogP contribution in [0.4, 0.5) is 4.79 Å². The van der Waals surface area contributed by atoms with E-state index in [9.17, 15) is 9.59 Å². The molecule has 0 saturated carbocycles. The first-order chi connectivity index (χ1) is 11.5. The maximum absolute atomic E-state index is 12.0. The van der Waals surface area contributed by atoms with Crippen molar-refractivity contribution < 1.29 is 23.8 Å². The molecule has 3 atom stereocenters. The van der Waals surface area contributed by atoms with Gasteiger partial charge in [-0.05, 0) is 39.2 Å². The maximum Gasteiger partial charge on any atom is 0.407 e. The maximum atomic E-state index is 12.0. The largest absolute Gasteiger partial charge is 0.463 e. The molecule has 24 heavy (non-hydrogen) atoms. The second-order valence-corrected chi connectivity index (χ2v) is 5.71. The average molecular weight is 342 g/mol. The lowest BCUT2D eigenvalue weighted by Crippen LogP contribution is -2.57. The summed E-state index contributed by atoms with van der Waals surface area (Å²) in [6, 6.07) is -0.916. The van der Waals surface area contributed by atoms with E-state index in [1.165, 1.54) is 0 Å². The smallest absolute Gasteiger partial charge is 0.407 e. The molecule has 0 aliphatic heterocycles. The topological polar surface area (TPSA) is 99.9 Å². The zero-order valence-electron chi connectivity index (χ0n) is 15.0. The highest BCUT2D eigenvalue weighted by molar-refractivity contribution is 5.89. The Hall–Kier alpha value is -1.60. The number of rotatable bonds is 8. The molecular formula is C17H30N2O5. The lowest BCUT2D eigenvalue weighted by Gasteiger charge is -2.36. The van der Waals surface area contributed by atoms with Crippen LogP contribution in [0.2, 0.25) is 0 Å². The van der Waals surface area contributed by atoms with Gasteiger partial charge in [0.25, 0.3) is 0 Å². The molecule has 0 radical (unpaired) electrons. The predicted molar refractivity (Wildman–Crippen MR) is 90.5 cm³/mol. The molecular weight excluding hydrogens is 312 g/mol.